The fraction of sp³-hybridized carbons (Fsp3) is 0.562. The number of nitrogens with zero attached hydrogens (tertiary/aromatic N) is 1. The highest BCUT2D eigenvalue weighted by Crippen LogP contribution is 2.19. The van der Waals surface area contributed by atoms with Gasteiger partial charge >= 0.3 is 0 Å². The third-order valence-electron chi connectivity index (χ3n) is 3.69. The van der Waals surface area contributed by atoms with Gasteiger partial charge in [-0.05, 0) is 58.1 Å². The first-order chi connectivity index (χ1) is 9.54. The van der Waals surface area contributed by atoms with E-state index in [4.69, 9.17) is 0 Å². The minimum Gasteiger partial charge on any atom is -0.326 e. The molecule has 4 heteroatoms. The molecule has 0 aromatic heterocycles. The molecule has 4 nitrogen and oxygen atoms in total. The largest absolute Gasteiger partial charge is 0.326 e. The quantitative estimate of drug-likeness (QED) is 0.884. The molecule has 0 unspecified atom stereocenters. The van der Waals surface area contributed by atoms with Crippen molar-refractivity contribution in [2.24, 2.45) is 5.92 Å². The van der Waals surface area contributed by atoms with Crippen LogP contribution >= 0.6 is 0 Å². The normalized spacial score (nSPS) is 22.8. The van der Waals surface area contributed by atoms with Gasteiger partial charge in [-0.2, -0.15) is 0 Å². The van der Waals surface area contributed by atoms with Crippen molar-refractivity contribution < 1.29 is 4.79 Å². The number of rotatable bonds is 4. The maximum atomic E-state index is 12.3. The lowest BCUT2D eigenvalue weighted by molar-refractivity contribution is -0.120. The summed E-state index contributed by atoms with van der Waals surface area (Å²) in [6, 6.07) is 8.53. The second-order valence-corrected chi connectivity index (χ2v) is 6.00. The van der Waals surface area contributed by atoms with Crippen molar-refractivity contribution in [2.75, 3.05) is 26.0 Å². The van der Waals surface area contributed by atoms with Crippen LogP contribution in [0.2, 0.25) is 0 Å². The van der Waals surface area contributed by atoms with Gasteiger partial charge in [0.1, 0.15) is 0 Å². The third kappa shape index (κ3) is 4.32. The number of piperidine rings is 1. The summed E-state index contributed by atoms with van der Waals surface area (Å²) in [5.74, 6) is 0.282. The van der Waals surface area contributed by atoms with E-state index >= 15 is 0 Å². The van der Waals surface area contributed by atoms with Crippen LogP contribution in [0.15, 0.2) is 24.3 Å². The maximum Gasteiger partial charge on any atom is 0.227 e. The van der Waals surface area contributed by atoms with Crippen molar-refractivity contribution in [1.29, 1.82) is 0 Å². The van der Waals surface area contributed by atoms with E-state index in [-0.39, 0.29) is 11.8 Å². The van der Waals surface area contributed by atoms with E-state index in [0.717, 1.165) is 31.6 Å². The predicted octanol–water partition coefficient (Wildman–Crippen LogP) is 2.07. The molecule has 0 spiro atoms. The van der Waals surface area contributed by atoms with Crippen molar-refractivity contribution in [3.63, 3.8) is 0 Å². The minimum atomic E-state index is 0.128. The zero-order valence-electron chi connectivity index (χ0n) is 12.6. The second kappa shape index (κ2) is 6.86. The summed E-state index contributed by atoms with van der Waals surface area (Å²) in [4.78, 5) is 14.4. The Morgan fingerprint density at radius 3 is 2.95 bits per heavy atom. The lowest BCUT2D eigenvalue weighted by Gasteiger charge is -2.27. The highest BCUT2D eigenvalue weighted by molar-refractivity contribution is 5.92. The van der Waals surface area contributed by atoms with E-state index in [9.17, 15) is 4.79 Å². The van der Waals surface area contributed by atoms with Gasteiger partial charge in [-0.25, -0.2) is 0 Å². The number of benzene rings is 1. The van der Waals surface area contributed by atoms with E-state index in [0.29, 0.717) is 6.04 Å². The van der Waals surface area contributed by atoms with E-state index in [1.165, 1.54) is 5.56 Å². The van der Waals surface area contributed by atoms with Crippen LogP contribution in [0.25, 0.3) is 0 Å². The zero-order valence-corrected chi connectivity index (χ0v) is 12.6. The average Bonchev–Trinajstić information content (AvgIpc) is 2.38. The van der Waals surface area contributed by atoms with Crippen LogP contribution in [0, 0.1) is 5.92 Å². The summed E-state index contributed by atoms with van der Waals surface area (Å²) in [5.41, 5.74) is 2.12. The summed E-state index contributed by atoms with van der Waals surface area (Å²) in [5, 5.41) is 6.44. The summed E-state index contributed by atoms with van der Waals surface area (Å²) in [6.45, 7) is 3.95. The first kappa shape index (κ1) is 15.0. The van der Waals surface area contributed by atoms with E-state index in [1.807, 2.05) is 26.2 Å². The van der Waals surface area contributed by atoms with Gasteiger partial charge in [0, 0.05) is 24.2 Å². The number of nitrogens with one attached hydrogen (secondary N) is 2. The van der Waals surface area contributed by atoms with Crippen LogP contribution in [0.3, 0.4) is 0 Å². The van der Waals surface area contributed by atoms with Gasteiger partial charge < -0.3 is 15.5 Å². The molecule has 1 aromatic carbocycles. The van der Waals surface area contributed by atoms with Crippen molar-refractivity contribution in [2.45, 2.75) is 32.4 Å². The molecule has 0 radical (unpaired) electrons. The first-order valence-corrected chi connectivity index (χ1v) is 7.32. The van der Waals surface area contributed by atoms with Crippen LogP contribution in [-0.4, -0.2) is 37.5 Å². The molecule has 2 atom stereocenters. The third-order valence-corrected chi connectivity index (χ3v) is 3.69. The van der Waals surface area contributed by atoms with Gasteiger partial charge in [0.2, 0.25) is 5.91 Å². The van der Waals surface area contributed by atoms with Crippen LogP contribution in [0.4, 0.5) is 5.69 Å². The summed E-state index contributed by atoms with van der Waals surface area (Å²) < 4.78 is 0. The van der Waals surface area contributed by atoms with Crippen molar-refractivity contribution >= 4 is 11.6 Å². The Labute approximate surface area is 121 Å². The highest BCUT2D eigenvalue weighted by atomic mass is 16.1. The summed E-state index contributed by atoms with van der Waals surface area (Å²) in [7, 11) is 4.09. The fourth-order valence-electron chi connectivity index (χ4n) is 2.73. The van der Waals surface area contributed by atoms with Gasteiger partial charge in [-0.1, -0.05) is 12.1 Å². The number of hydrogen-bond donors (Lipinski definition) is 2. The molecule has 110 valence electrons. The van der Waals surface area contributed by atoms with Crippen LogP contribution in [0.1, 0.15) is 25.3 Å². The van der Waals surface area contributed by atoms with Crippen LogP contribution < -0.4 is 10.6 Å². The molecule has 20 heavy (non-hydrogen) atoms. The summed E-state index contributed by atoms with van der Waals surface area (Å²) >= 11 is 0. The number of carbonyl (C=O) groups is 1. The molecule has 1 saturated heterocycles. The average molecular weight is 275 g/mol. The molecule has 1 fully saturated rings. The van der Waals surface area contributed by atoms with Crippen molar-refractivity contribution in [3.05, 3.63) is 29.8 Å². The van der Waals surface area contributed by atoms with Crippen molar-refractivity contribution in [1.82, 2.24) is 10.2 Å². The Balaban J connectivity index is 1.96. The number of hydrogen-bond acceptors (Lipinski definition) is 3. The predicted molar refractivity (Wildman–Crippen MR) is 82.7 cm³/mol. The molecule has 1 heterocycles. The van der Waals surface area contributed by atoms with Gasteiger partial charge in [0.05, 0.1) is 0 Å². The topological polar surface area (TPSA) is 44.4 Å². The number of amides is 1. The molecule has 1 aliphatic heterocycles. The van der Waals surface area contributed by atoms with Gasteiger partial charge in [-0.15, -0.1) is 0 Å². The molecule has 1 amide bonds. The molecule has 2 rings (SSSR count). The minimum absolute atomic E-state index is 0.128. The summed E-state index contributed by atoms with van der Waals surface area (Å²) in [6.07, 6.45) is 1.84. The smallest absolute Gasteiger partial charge is 0.227 e. The molecule has 1 aliphatic rings. The molecule has 0 bridgehead atoms. The van der Waals surface area contributed by atoms with Gasteiger partial charge in [0.25, 0.3) is 0 Å². The molecule has 1 aromatic rings. The SMILES string of the molecule is C[C@H]1C[C@@H](C(=O)Nc2cccc(CN(C)C)c2)CCN1. The highest BCUT2D eigenvalue weighted by Gasteiger charge is 2.24. The molecular weight excluding hydrogens is 250 g/mol. The monoisotopic (exact) mass is 275 g/mol. The zero-order chi connectivity index (χ0) is 14.5. The lowest BCUT2D eigenvalue weighted by Crippen LogP contribution is -2.40. The Kier molecular flexibility index (Phi) is 5.15. The lowest BCUT2D eigenvalue weighted by atomic mass is 9.92. The fourth-order valence-corrected chi connectivity index (χ4v) is 2.73. The molecular formula is C16H25N3O. The standard InChI is InChI=1S/C16H25N3O/c1-12-9-14(7-8-17-12)16(20)18-15-6-4-5-13(10-15)11-19(2)3/h4-6,10,12,14,17H,7-9,11H2,1-3H3,(H,18,20)/t12-,14-/m0/s1. The Morgan fingerprint density at radius 2 is 2.25 bits per heavy atom. The number of anilines is 1. The van der Waals surface area contributed by atoms with Gasteiger partial charge in [0.15, 0.2) is 0 Å². The molecule has 0 aliphatic carbocycles. The van der Waals surface area contributed by atoms with E-state index in [1.54, 1.807) is 0 Å². The molecule has 2 N–H and O–H groups in total. The Hall–Kier alpha value is -1.39. The maximum absolute atomic E-state index is 12.3. The molecule has 0 saturated carbocycles. The first-order valence-electron chi connectivity index (χ1n) is 7.32. The van der Waals surface area contributed by atoms with Crippen molar-refractivity contribution in [3.8, 4) is 0 Å². The second-order valence-electron chi connectivity index (χ2n) is 6.00. The van der Waals surface area contributed by atoms with E-state index < -0.39 is 0 Å². The van der Waals surface area contributed by atoms with Crippen LogP contribution in [0.5, 0.6) is 0 Å². The van der Waals surface area contributed by atoms with Gasteiger partial charge in [-0.3, -0.25) is 4.79 Å². The Morgan fingerprint density at radius 1 is 1.45 bits per heavy atom. The number of carbonyl (C=O) groups excluding carboxylic acids is 1. The Bertz CT molecular complexity index is 459. The van der Waals surface area contributed by atoms with Crippen LogP contribution in [-0.2, 0) is 11.3 Å². The van der Waals surface area contributed by atoms with E-state index in [2.05, 4.69) is 34.6 Å².